The second-order valence-corrected chi connectivity index (χ2v) is 10.6. The highest BCUT2D eigenvalue weighted by molar-refractivity contribution is 7.91. The molecule has 0 bridgehead atoms. The summed E-state index contributed by atoms with van der Waals surface area (Å²) < 4.78 is 50.5. The molecule has 171 valence electrons. The number of nitrogens with zero attached hydrogens (tertiary/aromatic N) is 2. The summed E-state index contributed by atoms with van der Waals surface area (Å²) >= 11 is 0. The van der Waals surface area contributed by atoms with Crippen molar-refractivity contribution in [1.82, 2.24) is 5.32 Å². The van der Waals surface area contributed by atoms with E-state index in [-0.39, 0.29) is 17.9 Å². The maximum absolute atomic E-state index is 14.2. The average molecular weight is 459 g/mol. The Balaban J connectivity index is 1.55. The van der Waals surface area contributed by atoms with Crippen molar-refractivity contribution in [3.8, 4) is 0 Å². The molecule has 0 spiro atoms. The van der Waals surface area contributed by atoms with Crippen LogP contribution in [0, 0.1) is 11.7 Å². The van der Waals surface area contributed by atoms with Crippen molar-refractivity contribution in [3.63, 3.8) is 0 Å². The lowest BCUT2D eigenvalue weighted by atomic mass is 9.96. The molecule has 0 unspecified atom stereocenters. The second-order valence-electron chi connectivity index (χ2n) is 8.82. The topological polar surface area (TPSA) is 71.0 Å². The molecule has 32 heavy (non-hydrogen) atoms. The lowest BCUT2D eigenvalue weighted by Crippen LogP contribution is -2.50. The molecule has 0 amide bonds. The van der Waals surface area contributed by atoms with E-state index in [1.54, 1.807) is 39.0 Å². The van der Waals surface area contributed by atoms with E-state index in [0.29, 0.717) is 5.92 Å². The molecule has 1 atom stereocenters. The number of nitrogens with one attached hydrogen (secondary N) is 1. The number of anilines is 1. The van der Waals surface area contributed by atoms with Gasteiger partial charge in [-0.25, -0.2) is 12.8 Å². The van der Waals surface area contributed by atoms with E-state index in [9.17, 15) is 12.8 Å². The molecule has 2 aliphatic heterocycles. The normalized spacial score (nSPS) is 22.3. The lowest BCUT2D eigenvalue weighted by Gasteiger charge is -2.38. The number of halogens is 1. The molecule has 0 saturated carbocycles. The maximum atomic E-state index is 14.2. The van der Waals surface area contributed by atoms with Crippen LogP contribution in [0.2, 0.25) is 0 Å². The minimum Gasteiger partial charge on any atom is -0.472 e. The summed E-state index contributed by atoms with van der Waals surface area (Å²) in [6.45, 7) is 8.92. The zero-order chi connectivity index (χ0) is 22.9. The molecular formula is C24H29FN3O3S. The highest BCUT2D eigenvalue weighted by Crippen LogP contribution is 2.34. The second kappa shape index (κ2) is 8.83. The van der Waals surface area contributed by atoms with Gasteiger partial charge in [-0.15, -0.1) is 4.40 Å². The first kappa shape index (κ1) is 22.7. The SMILES string of the molecule is C[C](C1=NS(=O)(=O)[C@@H](Cc2ccc(N3CCNCC3)cc2)C(C)(C)O1)c1ccccc1F. The van der Waals surface area contributed by atoms with E-state index >= 15 is 0 Å². The van der Waals surface area contributed by atoms with Crippen molar-refractivity contribution >= 4 is 21.6 Å². The fourth-order valence-electron chi connectivity index (χ4n) is 4.23. The predicted molar refractivity (Wildman–Crippen MR) is 125 cm³/mol. The third-order valence-electron chi connectivity index (χ3n) is 6.14. The van der Waals surface area contributed by atoms with Gasteiger partial charge >= 0.3 is 0 Å². The van der Waals surface area contributed by atoms with Gasteiger partial charge in [-0.3, -0.25) is 0 Å². The van der Waals surface area contributed by atoms with Gasteiger partial charge in [0.25, 0.3) is 10.0 Å². The van der Waals surface area contributed by atoms with E-state index in [0.717, 1.165) is 37.4 Å². The molecule has 4 rings (SSSR count). The van der Waals surface area contributed by atoms with Crippen molar-refractivity contribution in [2.75, 3.05) is 31.1 Å². The first-order valence-electron chi connectivity index (χ1n) is 10.8. The molecule has 8 heteroatoms. The largest absolute Gasteiger partial charge is 0.472 e. The van der Waals surface area contributed by atoms with E-state index in [1.165, 1.54) is 6.07 Å². The number of hydrogen-bond donors (Lipinski definition) is 1. The van der Waals surface area contributed by atoms with Crippen molar-refractivity contribution in [1.29, 1.82) is 0 Å². The Bertz CT molecular complexity index is 1090. The van der Waals surface area contributed by atoms with Crippen LogP contribution < -0.4 is 10.2 Å². The average Bonchev–Trinajstić information content (AvgIpc) is 2.76. The number of piperazine rings is 1. The van der Waals surface area contributed by atoms with Gasteiger partial charge in [0.05, 0.1) is 5.92 Å². The Hall–Kier alpha value is -2.45. The quantitative estimate of drug-likeness (QED) is 0.744. The van der Waals surface area contributed by atoms with Crippen molar-refractivity contribution in [2.24, 2.45) is 4.40 Å². The van der Waals surface area contributed by atoms with Gasteiger partial charge in [-0.1, -0.05) is 30.3 Å². The Kier molecular flexibility index (Phi) is 6.27. The minimum atomic E-state index is -3.87. The van der Waals surface area contributed by atoms with Gasteiger partial charge in [-0.2, -0.15) is 0 Å². The number of ether oxygens (including phenoxy) is 1. The molecule has 0 aliphatic carbocycles. The van der Waals surface area contributed by atoms with Gasteiger partial charge < -0.3 is 15.0 Å². The summed E-state index contributed by atoms with van der Waals surface area (Å²) in [7, 11) is -3.87. The molecular weight excluding hydrogens is 429 g/mol. The van der Waals surface area contributed by atoms with E-state index in [4.69, 9.17) is 4.74 Å². The number of rotatable bonds is 5. The first-order valence-corrected chi connectivity index (χ1v) is 12.3. The smallest absolute Gasteiger partial charge is 0.263 e. The Labute approximate surface area is 189 Å². The van der Waals surface area contributed by atoms with Crippen LogP contribution in [0.15, 0.2) is 52.9 Å². The van der Waals surface area contributed by atoms with Crippen molar-refractivity contribution in [3.05, 3.63) is 71.4 Å². The molecule has 2 aromatic carbocycles. The number of sulfonamides is 1. The van der Waals surface area contributed by atoms with E-state index < -0.39 is 26.7 Å². The van der Waals surface area contributed by atoms with Gasteiger partial charge in [0, 0.05) is 37.4 Å². The van der Waals surface area contributed by atoms with Crippen LogP contribution in [-0.4, -0.2) is 51.3 Å². The summed E-state index contributed by atoms with van der Waals surface area (Å²) in [5, 5.41) is 2.49. The summed E-state index contributed by atoms with van der Waals surface area (Å²) in [5.41, 5.74) is 1.29. The summed E-state index contributed by atoms with van der Waals surface area (Å²) in [4.78, 5) is 2.31. The molecule has 1 fully saturated rings. The zero-order valence-corrected chi connectivity index (χ0v) is 19.5. The standard InChI is InChI=1S/C24H29FN3O3S/c1-17(20-6-4-5-7-21(20)25)23-27-32(29,30)22(24(2,3)31-23)16-18-8-10-19(11-9-18)28-14-12-26-13-15-28/h4-11,22,26H,12-16H2,1-3H3/t22-/m0/s1. The number of hydrogen-bond acceptors (Lipinski definition) is 5. The molecule has 6 nitrogen and oxygen atoms in total. The molecule has 2 aromatic rings. The first-order chi connectivity index (χ1) is 15.2. The highest BCUT2D eigenvalue weighted by Gasteiger charge is 2.47. The molecule has 1 N–H and O–H groups in total. The van der Waals surface area contributed by atoms with Crippen molar-refractivity contribution in [2.45, 2.75) is 38.0 Å². The summed E-state index contributed by atoms with van der Waals surface area (Å²) in [6.07, 6.45) is 0.284. The van der Waals surface area contributed by atoms with Gasteiger partial charge in [0.1, 0.15) is 16.7 Å². The highest BCUT2D eigenvalue weighted by atomic mass is 32.2. The predicted octanol–water partition coefficient (Wildman–Crippen LogP) is 3.33. The van der Waals surface area contributed by atoms with Crippen LogP contribution in [-0.2, 0) is 21.2 Å². The Morgan fingerprint density at radius 1 is 1.16 bits per heavy atom. The Morgan fingerprint density at radius 2 is 1.81 bits per heavy atom. The summed E-state index contributed by atoms with van der Waals surface area (Å²) in [5.74, 6) is -0.137. The minimum absolute atomic E-state index is 0.0506. The van der Waals surface area contributed by atoms with Crippen LogP contribution in [0.3, 0.4) is 0 Å². The van der Waals surface area contributed by atoms with Crippen LogP contribution in [0.25, 0.3) is 0 Å². The monoisotopic (exact) mass is 458 g/mol. The molecule has 2 aliphatic rings. The number of benzene rings is 2. The van der Waals surface area contributed by atoms with Gasteiger partial charge in [0.2, 0.25) is 5.90 Å². The fourth-order valence-corrected chi connectivity index (χ4v) is 5.93. The third-order valence-corrected chi connectivity index (χ3v) is 8.02. The molecule has 1 saturated heterocycles. The van der Waals surface area contributed by atoms with Crippen LogP contribution in [0.1, 0.15) is 31.9 Å². The van der Waals surface area contributed by atoms with Crippen LogP contribution in [0.5, 0.6) is 0 Å². The molecule has 0 aromatic heterocycles. The summed E-state index contributed by atoms with van der Waals surface area (Å²) in [6, 6.07) is 14.2. The lowest BCUT2D eigenvalue weighted by molar-refractivity contribution is 0.0837. The van der Waals surface area contributed by atoms with E-state index in [2.05, 4.69) is 14.6 Å². The Morgan fingerprint density at radius 3 is 2.44 bits per heavy atom. The fraction of sp³-hybridized carbons (Fsp3) is 0.417. The molecule has 2 heterocycles. The maximum Gasteiger partial charge on any atom is 0.263 e. The van der Waals surface area contributed by atoms with E-state index in [1.807, 2.05) is 24.3 Å². The van der Waals surface area contributed by atoms with Crippen LogP contribution >= 0.6 is 0 Å². The molecule has 1 radical (unpaired) electrons. The third kappa shape index (κ3) is 4.66. The zero-order valence-electron chi connectivity index (χ0n) is 18.6. The van der Waals surface area contributed by atoms with Gasteiger partial charge in [0.15, 0.2) is 0 Å². The van der Waals surface area contributed by atoms with Gasteiger partial charge in [-0.05, 0) is 51.0 Å². The van der Waals surface area contributed by atoms with Crippen molar-refractivity contribution < 1.29 is 17.5 Å². The van der Waals surface area contributed by atoms with Crippen LogP contribution in [0.4, 0.5) is 10.1 Å².